The van der Waals surface area contributed by atoms with Crippen LogP contribution in [0.3, 0.4) is 0 Å². The molecule has 0 atom stereocenters. The second-order valence-corrected chi connectivity index (χ2v) is 6.20. The molecule has 2 aromatic carbocycles. The summed E-state index contributed by atoms with van der Waals surface area (Å²) >= 11 is 3.40. The molecule has 3 rings (SSSR count). The van der Waals surface area contributed by atoms with E-state index in [9.17, 15) is 14.9 Å². The van der Waals surface area contributed by atoms with E-state index in [4.69, 9.17) is 0 Å². The maximum absolute atomic E-state index is 12.0. The van der Waals surface area contributed by atoms with E-state index in [0.717, 1.165) is 15.9 Å². The third-order valence-corrected chi connectivity index (χ3v) is 4.12. The minimum absolute atomic E-state index is 0.0719. The first-order valence-electron chi connectivity index (χ1n) is 7.56. The molecule has 3 aromatic rings. The molecule has 1 aromatic heterocycles. The average Bonchev–Trinajstić information content (AvgIpc) is 3.11. The van der Waals surface area contributed by atoms with Gasteiger partial charge in [0.05, 0.1) is 16.8 Å². The van der Waals surface area contributed by atoms with Gasteiger partial charge in [0.2, 0.25) is 0 Å². The van der Waals surface area contributed by atoms with Crippen molar-refractivity contribution < 1.29 is 9.72 Å². The van der Waals surface area contributed by atoms with Gasteiger partial charge in [-0.15, -0.1) is 0 Å². The van der Waals surface area contributed by atoms with Crippen molar-refractivity contribution in [2.75, 3.05) is 0 Å². The van der Waals surface area contributed by atoms with Crippen LogP contribution in [-0.2, 0) is 0 Å². The highest BCUT2D eigenvalue weighted by atomic mass is 79.9. The number of nitrogens with zero attached hydrogens (tertiary/aromatic N) is 3. The van der Waals surface area contributed by atoms with Crippen molar-refractivity contribution in [2.24, 2.45) is 5.10 Å². The predicted octanol–water partition coefficient (Wildman–Crippen LogP) is 3.91. The molecule has 0 bridgehead atoms. The lowest BCUT2D eigenvalue weighted by molar-refractivity contribution is -0.384. The van der Waals surface area contributed by atoms with E-state index in [1.807, 2.05) is 47.2 Å². The van der Waals surface area contributed by atoms with Crippen LogP contribution in [-0.4, -0.2) is 21.6 Å². The molecule has 8 heteroatoms. The summed E-state index contributed by atoms with van der Waals surface area (Å²) in [6.45, 7) is 0. The van der Waals surface area contributed by atoms with Gasteiger partial charge in [-0.2, -0.15) is 5.10 Å². The molecule has 0 saturated heterocycles. The zero-order valence-corrected chi connectivity index (χ0v) is 15.0. The van der Waals surface area contributed by atoms with Crippen molar-refractivity contribution >= 4 is 33.7 Å². The Kier molecular flexibility index (Phi) is 5.23. The van der Waals surface area contributed by atoms with E-state index in [2.05, 4.69) is 26.5 Å². The number of amides is 1. The highest BCUT2D eigenvalue weighted by molar-refractivity contribution is 9.10. The van der Waals surface area contributed by atoms with Crippen LogP contribution < -0.4 is 5.43 Å². The van der Waals surface area contributed by atoms with Gasteiger partial charge in [-0.3, -0.25) is 14.9 Å². The van der Waals surface area contributed by atoms with E-state index >= 15 is 0 Å². The number of hydrazone groups is 1. The Labute approximate surface area is 157 Å². The Balaban J connectivity index is 1.69. The monoisotopic (exact) mass is 412 g/mol. The molecule has 0 radical (unpaired) electrons. The summed E-state index contributed by atoms with van der Waals surface area (Å²) in [7, 11) is 0. The number of aromatic nitrogens is 1. The Morgan fingerprint density at radius 2 is 1.81 bits per heavy atom. The summed E-state index contributed by atoms with van der Waals surface area (Å²) in [6.07, 6.45) is 3.42. The van der Waals surface area contributed by atoms with Crippen molar-refractivity contribution in [3.63, 3.8) is 0 Å². The summed E-state index contributed by atoms with van der Waals surface area (Å²) in [5, 5.41) is 14.6. The molecule has 0 saturated carbocycles. The molecule has 7 nitrogen and oxygen atoms in total. The quantitative estimate of drug-likeness (QED) is 0.391. The zero-order valence-electron chi connectivity index (χ0n) is 13.4. The molecule has 0 aliphatic carbocycles. The fourth-order valence-electron chi connectivity index (χ4n) is 2.29. The summed E-state index contributed by atoms with van der Waals surface area (Å²) in [5.41, 5.74) is 4.38. The molecular weight excluding hydrogens is 400 g/mol. The van der Waals surface area contributed by atoms with Gasteiger partial charge in [-0.05, 0) is 48.5 Å². The molecule has 0 unspecified atom stereocenters. The lowest BCUT2D eigenvalue weighted by Crippen LogP contribution is -2.17. The minimum atomic E-state index is -0.518. The molecular formula is C18H13BrN4O3. The lowest BCUT2D eigenvalue weighted by atomic mass is 10.2. The Morgan fingerprint density at radius 3 is 2.46 bits per heavy atom. The maximum atomic E-state index is 12.0. The predicted molar refractivity (Wildman–Crippen MR) is 102 cm³/mol. The highest BCUT2D eigenvalue weighted by Crippen LogP contribution is 2.16. The summed E-state index contributed by atoms with van der Waals surface area (Å²) < 4.78 is 2.91. The van der Waals surface area contributed by atoms with Gasteiger partial charge in [0.25, 0.3) is 11.6 Å². The van der Waals surface area contributed by atoms with E-state index in [1.165, 1.54) is 30.5 Å². The normalized spacial score (nSPS) is 10.8. The first-order chi connectivity index (χ1) is 12.5. The first-order valence-corrected chi connectivity index (χ1v) is 8.35. The molecule has 26 heavy (non-hydrogen) atoms. The number of carbonyl (C=O) groups excluding carboxylic acids is 1. The van der Waals surface area contributed by atoms with E-state index in [0.29, 0.717) is 0 Å². The third kappa shape index (κ3) is 4.04. The van der Waals surface area contributed by atoms with Crippen LogP contribution in [0, 0.1) is 10.1 Å². The average molecular weight is 413 g/mol. The van der Waals surface area contributed by atoms with Gasteiger partial charge in [0.15, 0.2) is 0 Å². The summed E-state index contributed by atoms with van der Waals surface area (Å²) in [5.74, 6) is -0.446. The van der Waals surface area contributed by atoms with Crippen molar-refractivity contribution in [1.82, 2.24) is 9.99 Å². The standard InChI is InChI=1S/C18H13BrN4O3/c19-14-5-9-15(10-6-14)22-11-1-2-17(22)12-20-21-18(24)13-3-7-16(8-4-13)23(25)26/h1-12H,(H,21,24)/b20-12-. The second kappa shape index (κ2) is 7.75. The largest absolute Gasteiger partial charge is 0.316 e. The summed E-state index contributed by atoms with van der Waals surface area (Å²) in [6, 6.07) is 16.8. The third-order valence-electron chi connectivity index (χ3n) is 3.59. The second-order valence-electron chi connectivity index (χ2n) is 5.28. The molecule has 1 heterocycles. The molecule has 130 valence electrons. The van der Waals surface area contributed by atoms with Crippen LogP contribution in [0.5, 0.6) is 0 Å². The number of halogens is 1. The zero-order chi connectivity index (χ0) is 18.5. The Morgan fingerprint density at radius 1 is 1.12 bits per heavy atom. The summed E-state index contributed by atoms with van der Waals surface area (Å²) in [4.78, 5) is 22.2. The molecule has 0 aliphatic rings. The van der Waals surface area contributed by atoms with Crippen molar-refractivity contribution in [1.29, 1.82) is 0 Å². The number of hydrogen-bond donors (Lipinski definition) is 1. The molecule has 1 amide bonds. The van der Waals surface area contributed by atoms with Crippen molar-refractivity contribution in [3.05, 3.63) is 92.7 Å². The molecule has 1 N–H and O–H groups in total. The first kappa shape index (κ1) is 17.6. The van der Waals surface area contributed by atoms with Gasteiger partial charge in [-0.1, -0.05) is 15.9 Å². The van der Waals surface area contributed by atoms with Crippen LogP contribution in [0.1, 0.15) is 16.1 Å². The fourth-order valence-corrected chi connectivity index (χ4v) is 2.56. The molecule has 0 aliphatic heterocycles. The Hall–Kier alpha value is -3.26. The lowest BCUT2D eigenvalue weighted by Gasteiger charge is -2.06. The maximum Gasteiger partial charge on any atom is 0.271 e. The van der Waals surface area contributed by atoms with Gasteiger partial charge in [-0.25, -0.2) is 5.43 Å². The van der Waals surface area contributed by atoms with Gasteiger partial charge in [0.1, 0.15) is 0 Å². The van der Waals surface area contributed by atoms with E-state index in [-0.39, 0.29) is 11.3 Å². The highest BCUT2D eigenvalue weighted by Gasteiger charge is 2.08. The molecule has 0 fully saturated rings. The topological polar surface area (TPSA) is 89.5 Å². The SMILES string of the molecule is O=C(N/N=C\c1cccn1-c1ccc(Br)cc1)c1ccc([N+](=O)[O-])cc1. The van der Waals surface area contributed by atoms with Crippen molar-refractivity contribution in [3.8, 4) is 5.69 Å². The number of hydrogen-bond acceptors (Lipinski definition) is 4. The number of nitro groups is 1. The Bertz CT molecular complexity index is 963. The number of nitro benzene ring substituents is 1. The van der Waals surface area contributed by atoms with Crippen LogP contribution in [0.4, 0.5) is 5.69 Å². The van der Waals surface area contributed by atoms with Crippen LogP contribution in [0.25, 0.3) is 5.69 Å². The number of non-ortho nitro benzene ring substituents is 1. The fraction of sp³-hybridized carbons (Fsp3) is 0. The number of benzene rings is 2. The minimum Gasteiger partial charge on any atom is -0.316 e. The number of nitrogens with one attached hydrogen (secondary N) is 1. The van der Waals surface area contributed by atoms with E-state index < -0.39 is 10.8 Å². The van der Waals surface area contributed by atoms with Gasteiger partial charge >= 0.3 is 0 Å². The number of rotatable bonds is 5. The van der Waals surface area contributed by atoms with E-state index in [1.54, 1.807) is 0 Å². The molecule has 0 spiro atoms. The smallest absolute Gasteiger partial charge is 0.271 e. The van der Waals surface area contributed by atoms with Gasteiger partial charge < -0.3 is 4.57 Å². The number of carbonyl (C=O) groups is 1. The van der Waals surface area contributed by atoms with Crippen LogP contribution in [0.15, 0.2) is 76.4 Å². The van der Waals surface area contributed by atoms with Crippen LogP contribution in [0.2, 0.25) is 0 Å². The van der Waals surface area contributed by atoms with Gasteiger partial charge in [0, 0.05) is 34.1 Å². The van der Waals surface area contributed by atoms with Crippen molar-refractivity contribution in [2.45, 2.75) is 0 Å². The van der Waals surface area contributed by atoms with Crippen LogP contribution >= 0.6 is 15.9 Å².